The molecule has 0 spiro atoms. The largest absolute Gasteiger partial charge is 0.477 e. The standard InChI is InChI=1S/C12H18N2O4S3/c1-9-8-10(20-11(9)12(15)16)21(17,18)13-2-3-14-4-6-19-7-5-14/h8,13H,2-7H2,1H3,(H,15,16). The number of thiophene rings is 1. The molecule has 0 aliphatic carbocycles. The van der Waals surface area contributed by atoms with Crippen LogP contribution in [-0.4, -0.2) is 62.1 Å². The van der Waals surface area contributed by atoms with E-state index in [-0.39, 0.29) is 9.09 Å². The third-order valence-electron chi connectivity index (χ3n) is 3.18. The lowest BCUT2D eigenvalue weighted by molar-refractivity contribution is 0.0701. The van der Waals surface area contributed by atoms with Gasteiger partial charge in [0.25, 0.3) is 0 Å². The average Bonchev–Trinajstić information content (AvgIpc) is 2.83. The second-order valence-electron chi connectivity index (χ2n) is 4.73. The van der Waals surface area contributed by atoms with Crippen molar-refractivity contribution in [2.24, 2.45) is 0 Å². The fourth-order valence-electron chi connectivity index (χ4n) is 2.03. The Morgan fingerprint density at radius 2 is 2.10 bits per heavy atom. The van der Waals surface area contributed by atoms with E-state index in [1.54, 1.807) is 6.92 Å². The first-order valence-electron chi connectivity index (χ1n) is 6.53. The molecule has 2 N–H and O–H groups in total. The molecule has 118 valence electrons. The predicted molar refractivity (Wildman–Crippen MR) is 85.0 cm³/mol. The maximum atomic E-state index is 12.1. The van der Waals surface area contributed by atoms with Crippen LogP contribution in [0.5, 0.6) is 0 Å². The molecule has 1 aromatic heterocycles. The van der Waals surface area contributed by atoms with Gasteiger partial charge in [0.2, 0.25) is 10.0 Å². The van der Waals surface area contributed by atoms with Crippen LogP contribution in [-0.2, 0) is 10.0 Å². The van der Waals surface area contributed by atoms with Gasteiger partial charge in [-0.1, -0.05) is 0 Å². The third-order valence-corrected chi connectivity index (χ3v) is 7.28. The highest BCUT2D eigenvalue weighted by molar-refractivity contribution is 7.99. The molecule has 0 amide bonds. The summed E-state index contributed by atoms with van der Waals surface area (Å²) in [7, 11) is -3.62. The minimum absolute atomic E-state index is 0.0617. The first-order valence-corrected chi connectivity index (χ1v) is 9.99. The number of hydrogen-bond acceptors (Lipinski definition) is 6. The smallest absolute Gasteiger partial charge is 0.346 e. The van der Waals surface area contributed by atoms with Gasteiger partial charge in [0.1, 0.15) is 9.09 Å². The molecule has 1 aromatic rings. The lowest BCUT2D eigenvalue weighted by Gasteiger charge is -2.25. The van der Waals surface area contributed by atoms with E-state index >= 15 is 0 Å². The molecular weight excluding hydrogens is 332 g/mol. The van der Waals surface area contributed by atoms with E-state index in [1.165, 1.54) is 6.07 Å². The van der Waals surface area contributed by atoms with E-state index in [9.17, 15) is 13.2 Å². The molecular formula is C12H18N2O4S3. The second kappa shape index (κ2) is 7.10. The molecule has 0 saturated carbocycles. The number of nitrogens with zero attached hydrogens (tertiary/aromatic N) is 1. The van der Waals surface area contributed by atoms with Crippen LogP contribution in [0, 0.1) is 6.92 Å². The second-order valence-corrected chi connectivity index (χ2v) is 9.01. The van der Waals surface area contributed by atoms with Gasteiger partial charge in [0, 0.05) is 37.7 Å². The Kier molecular flexibility index (Phi) is 5.67. The first-order chi connectivity index (χ1) is 9.90. The van der Waals surface area contributed by atoms with Gasteiger partial charge in [0.15, 0.2) is 0 Å². The number of carbonyl (C=O) groups is 1. The van der Waals surface area contributed by atoms with Crippen LogP contribution >= 0.6 is 23.1 Å². The van der Waals surface area contributed by atoms with Gasteiger partial charge in [-0.3, -0.25) is 0 Å². The molecule has 21 heavy (non-hydrogen) atoms. The SMILES string of the molecule is Cc1cc(S(=O)(=O)NCCN2CCSCC2)sc1C(=O)O. The van der Waals surface area contributed by atoms with Gasteiger partial charge in [-0.05, 0) is 18.6 Å². The highest BCUT2D eigenvalue weighted by Crippen LogP contribution is 2.25. The van der Waals surface area contributed by atoms with Crippen LogP contribution in [0.2, 0.25) is 0 Å². The Morgan fingerprint density at radius 3 is 2.67 bits per heavy atom. The summed E-state index contributed by atoms with van der Waals surface area (Å²) >= 11 is 2.70. The molecule has 9 heteroatoms. The fraction of sp³-hybridized carbons (Fsp3) is 0.583. The Labute approximate surface area is 132 Å². The minimum atomic E-state index is -3.62. The zero-order chi connectivity index (χ0) is 15.5. The fourth-order valence-corrected chi connectivity index (χ4v) is 5.45. The number of carboxylic acids is 1. The summed E-state index contributed by atoms with van der Waals surface area (Å²) in [5.74, 6) is 1.07. The molecule has 2 heterocycles. The molecule has 0 atom stereocenters. The summed E-state index contributed by atoms with van der Waals surface area (Å²) in [5.41, 5.74) is 0.473. The first kappa shape index (κ1) is 16.8. The van der Waals surface area contributed by atoms with Crippen molar-refractivity contribution in [3.63, 3.8) is 0 Å². The molecule has 1 fully saturated rings. The highest BCUT2D eigenvalue weighted by Gasteiger charge is 2.21. The quantitative estimate of drug-likeness (QED) is 0.798. The molecule has 1 saturated heterocycles. The monoisotopic (exact) mass is 350 g/mol. The number of carboxylic acid groups (broad SMARTS) is 1. The molecule has 0 radical (unpaired) electrons. The van der Waals surface area contributed by atoms with Crippen molar-refractivity contribution in [2.75, 3.05) is 37.7 Å². The normalized spacial score (nSPS) is 17.0. The maximum absolute atomic E-state index is 12.1. The Morgan fingerprint density at radius 1 is 1.43 bits per heavy atom. The maximum Gasteiger partial charge on any atom is 0.346 e. The van der Waals surface area contributed by atoms with E-state index in [2.05, 4.69) is 9.62 Å². The molecule has 1 aliphatic heterocycles. The lowest BCUT2D eigenvalue weighted by atomic mass is 10.3. The van der Waals surface area contributed by atoms with Crippen LogP contribution in [0.3, 0.4) is 0 Å². The van der Waals surface area contributed by atoms with Crippen molar-refractivity contribution in [3.8, 4) is 0 Å². The van der Waals surface area contributed by atoms with Crippen LogP contribution < -0.4 is 4.72 Å². The predicted octanol–water partition coefficient (Wildman–Crippen LogP) is 1.08. The number of hydrogen-bond donors (Lipinski definition) is 2. The van der Waals surface area contributed by atoms with Crippen LogP contribution in [0.1, 0.15) is 15.2 Å². The van der Waals surface area contributed by atoms with E-state index in [1.807, 2.05) is 11.8 Å². The zero-order valence-corrected chi connectivity index (χ0v) is 14.1. The minimum Gasteiger partial charge on any atom is -0.477 e. The van der Waals surface area contributed by atoms with E-state index in [0.29, 0.717) is 18.7 Å². The Balaban J connectivity index is 1.95. The van der Waals surface area contributed by atoms with E-state index in [0.717, 1.165) is 35.9 Å². The average molecular weight is 350 g/mol. The van der Waals surface area contributed by atoms with Gasteiger partial charge in [-0.25, -0.2) is 17.9 Å². The van der Waals surface area contributed by atoms with Crippen molar-refractivity contribution in [1.82, 2.24) is 9.62 Å². The lowest BCUT2D eigenvalue weighted by Crippen LogP contribution is -2.39. The van der Waals surface area contributed by atoms with Gasteiger partial charge < -0.3 is 10.0 Å². The zero-order valence-electron chi connectivity index (χ0n) is 11.7. The summed E-state index contributed by atoms with van der Waals surface area (Å²) in [4.78, 5) is 13.3. The van der Waals surface area contributed by atoms with Crippen molar-refractivity contribution in [3.05, 3.63) is 16.5 Å². The topological polar surface area (TPSA) is 86.7 Å². The summed E-state index contributed by atoms with van der Waals surface area (Å²) in [5, 5.41) is 8.98. The third kappa shape index (κ3) is 4.43. The summed E-state index contributed by atoms with van der Waals surface area (Å²) < 4.78 is 26.9. The summed E-state index contributed by atoms with van der Waals surface area (Å²) in [6, 6.07) is 1.41. The van der Waals surface area contributed by atoms with Crippen LogP contribution in [0.15, 0.2) is 10.3 Å². The highest BCUT2D eigenvalue weighted by atomic mass is 32.2. The summed E-state index contributed by atoms with van der Waals surface area (Å²) in [6.45, 7) is 4.58. The number of sulfonamides is 1. The Hall–Kier alpha value is -0.610. The number of thioether (sulfide) groups is 1. The summed E-state index contributed by atoms with van der Waals surface area (Å²) in [6.07, 6.45) is 0. The van der Waals surface area contributed by atoms with Crippen molar-refractivity contribution < 1.29 is 18.3 Å². The van der Waals surface area contributed by atoms with Crippen LogP contribution in [0.25, 0.3) is 0 Å². The number of rotatable bonds is 6. The van der Waals surface area contributed by atoms with Gasteiger partial charge in [-0.15, -0.1) is 11.3 Å². The Bertz CT molecular complexity index is 606. The number of aromatic carboxylic acids is 1. The molecule has 6 nitrogen and oxygen atoms in total. The molecule has 0 unspecified atom stereocenters. The molecule has 2 rings (SSSR count). The van der Waals surface area contributed by atoms with Crippen molar-refractivity contribution in [1.29, 1.82) is 0 Å². The van der Waals surface area contributed by atoms with Gasteiger partial charge in [0.05, 0.1) is 0 Å². The van der Waals surface area contributed by atoms with Crippen LogP contribution in [0.4, 0.5) is 0 Å². The van der Waals surface area contributed by atoms with Gasteiger partial charge >= 0.3 is 5.97 Å². The number of nitrogens with one attached hydrogen (secondary N) is 1. The molecule has 0 aromatic carbocycles. The van der Waals surface area contributed by atoms with Crippen molar-refractivity contribution >= 4 is 39.1 Å². The van der Waals surface area contributed by atoms with E-state index < -0.39 is 16.0 Å². The molecule has 0 bridgehead atoms. The van der Waals surface area contributed by atoms with E-state index in [4.69, 9.17) is 5.11 Å². The van der Waals surface area contributed by atoms with Crippen molar-refractivity contribution in [2.45, 2.75) is 11.1 Å². The van der Waals surface area contributed by atoms with Gasteiger partial charge in [-0.2, -0.15) is 11.8 Å². The number of aryl methyl sites for hydroxylation is 1. The molecule has 1 aliphatic rings.